The summed E-state index contributed by atoms with van der Waals surface area (Å²) in [4.78, 5) is 13.0. The molecule has 5 atom stereocenters. The Labute approximate surface area is 133 Å². The van der Waals surface area contributed by atoms with Gasteiger partial charge in [0.25, 0.3) is 0 Å². The van der Waals surface area contributed by atoms with Crippen molar-refractivity contribution in [3.05, 3.63) is 23.8 Å². The van der Waals surface area contributed by atoms with Gasteiger partial charge in [0.1, 0.15) is 0 Å². The van der Waals surface area contributed by atoms with Crippen LogP contribution >= 0.6 is 0 Å². The van der Waals surface area contributed by atoms with Gasteiger partial charge >= 0.3 is 0 Å². The van der Waals surface area contributed by atoms with Crippen molar-refractivity contribution in [1.82, 2.24) is 5.32 Å². The molecule has 0 amide bonds. The maximum absolute atomic E-state index is 13.0. The highest BCUT2D eigenvalue weighted by Gasteiger charge is 2.59. The summed E-state index contributed by atoms with van der Waals surface area (Å²) in [6.45, 7) is 7.28. The first-order valence-electron chi connectivity index (χ1n) is 8.75. The molecular formula is C19H27NO2. The zero-order valence-electron chi connectivity index (χ0n) is 13.9. The smallest absolute Gasteiger partial charge is 0.202 e. The number of hydrogen-bond acceptors (Lipinski definition) is 3. The molecule has 3 aliphatic carbocycles. The van der Waals surface area contributed by atoms with Crippen LogP contribution in [-0.4, -0.2) is 24.2 Å². The molecule has 0 aromatic carbocycles. The van der Waals surface area contributed by atoms with E-state index >= 15 is 0 Å². The highest BCUT2D eigenvalue weighted by Crippen LogP contribution is 2.52. The molecule has 0 aromatic heterocycles. The van der Waals surface area contributed by atoms with E-state index in [2.05, 4.69) is 38.2 Å². The van der Waals surface area contributed by atoms with Gasteiger partial charge in [-0.2, -0.15) is 0 Å². The molecule has 1 N–H and O–H groups in total. The molecule has 1 saturated carbocycles. The Balaban J connectivity index is 1.73. The molecule has 2 fully saturated rings. The first-order valence-corrected chi connectivity index (χ1v) is 8.75. The third-order valence-corrected chi connectivity index (χ3v) is 6.22. The lowest BCUT2D eigenvalue weighted by Crippen LogP contribution is -2.62. The maximum atomic E-state index is 13.0. The molecule has 4 aliphatic rings. The van der Waals surface area contributed by atoms with Crippen molar-refractivity contribution < 1.29 is 9.53 Å². The van der Waals surface area contributed by atoms with Crippen LogP contribution in [0.3, 0.4) is 0 Å². The lowest BCUT2D eigenvalue weighted by atomic mass is 9.59. The van der Waals surface area contributed by atoms with Gasteiger partial charge in [-0.1, -0.05) is 38.5 Å². The van der Waals surface area contributed by atoms with Gasteiger partial charge in [0.2, 0.25) is 5.78 Å². The van der Waals surface area contributed by atoms with Crippen LogP contribution in [0, 0.1) is 23.2 Å². The lowest BCUT2D eigenvalue weighted by molar-refractivity contribution is -0.150. The molecule has 1 heterocycles. The quantitative estimate of drug-likeness (QED) is 0.698. The fourth-order valence-corrected chi connectivity index (χ4v) is 4.91. The summed E-state index contributed by atoms with van der Waals surface area (Å²) in [5, 5.41) is 3.63. The zero-order chi connectivity index (χ0) is 15.5. The molecule has 22 heavy (non-hydrogen) atoms. The Hall–Kier alpha value is -0.930. The van der Waals surface area contributed by atoms with Crippen molar-refractivity contribution in [2.24, 2.45) is 23.2 Å². The van der Waals surface area contributed by atoms with Crippen molar-refractivity contribution in [3.63, 3.8) is 0 Å². The normalized spacial score (nSPS) is 44.1. The minimum Gasteiger partial charge on any atom is -0.351 e. The van der Waals surface area contributed by atoms with Crippen molar-refractivity contribution in [2.75, 3.05) is 6.61 Å². The summed E-state index contributed by atoms with van der Waals surface area (Å²) in [5.41, 5.74) is 0.710. The molecule has 0 unspecified atom stereocenters. The summed E-state index contributed by atoms with van der Waals surface area (Å²) in [6, 6.07) is 0.236. The highest BCUT2D eigenvalue weighted by molar-refractivity contribution is 5.99. The average molecular weight is 301 g/mol. The topological polar surface area (TPSA) is 38.3 Å². The highest BCUT2D eigenvalue weighted by atomic mass is 16.5. The summed E-state index contributed by atoms with van der Waals surface area (Å²) in [5.74, 6) is 1.53. The third kappa shape index (κ3) is 1.98. The van der Waals surface area contributed by atoms with Crippen LogP contribution in [0.5, 0.6) is 0 Å². The number of hydrogen-bond donors (Lipinski definition) is 1. The summed E-state index contributed by atoms with van der Waals surface area (Å²) in [6.07, 6.45) is 11.1. The van der Waals surface area contributed by atoms with Crippen LogP contribution in [0.2, 0.25) is 0 Å². The standard InChI is InChI=1S/C19H27NO2/c1-18(2,3)15-11-22-19(20-15)14-9-5-7-12-6-4-8-13(17(12)14)10-16(19)21/h5,7,10,12,14-15,17,20H,4,6,8-9,11H2,1-3H3/t12-,14+,15-,17+,19-/m1/s1. The first kappa shape index (κ1) is 14.6. The van der Waals surface area contributed by atoms with Crippen LogP contribution in [0.15, 0.2) is 23.8 Å². The number of rotatable bonds is 0. The zero-order valence-corrected chi connectivity index (χ0v) is 13.9. The fraction of sp³-hybridized carbons (Fsp3) is 0.737. The van der Waals surface area contributed by atoms with E-state index in [1.165, 1.54) is 18.4 Å². The number of fused-ring (bicyclic) bond motifs is 1. The SMILES string of the molecule is CC(C)(C)[C@H]1CO[C@@]2(N1)C(=O)C=C1CCC[C@@H]3C=CC[C@H]2[C@H]13. The Morgan fingerprint density at radius 2 is 2.18 bits per heavy atom. The predicted octanol–water partition coefficient (Wildman–Crippen LogP) is 3.22. The molecule has 3 heteroatoms. The van der Waals surface area contributed by atoms with E-state index in [1.807, 2.05) is 6.08 Å². The predicted molar refractivity (Wildman–Crippen MR) is 86.2 cm³/mol. The fourth-order valence-electron chi connectivity index (χ4n) is 4.91. The first-order chi connectivity index (χ1) is 10.4. The van der Waals surface area contributed by atoms with E-state index < -0.39 is 5.72 Å². The number of carbonyl (C=O) groups is 1. The van der Waals surface area contributed by atoms with Gasteiger partial charge in [0.05, 0.1) is 6.61 Å². The van der Waals surface area contributed by atoms with Gasteiger partial charge in [-0.3, -0.25) is 10.1 Å². The summed E-state index contributed by atoms with van der Waals surface area (Å²) < 4.78 is 6.23. The lowest BCUT2D eigenvalue weighted by Gasteiger charge is -2.49. The molecule has 4 rings (SSSR count). The number of nitrogens with one attached hydrogen (secondary N) is 1. The molecule has 1 aliphatic heterocycles. The van der Waals surface area contributed by atoms with Crippen molar-refractivity contribution in [1.29, 1.82) is 0 Å². The average Bonchev–Trinajstić information content (AvgIpc) is 2.92. The second-order valence-corrected chi connectivity index (χ2v) is 8.55. The molecule has 3 nitrogen and oxygen atoms in total. The molecule has 0 aromatic rings. The van der Waals surface area contributed by atoms with E-state index in [0.717, 1.165) is 12.8 Å². The van der Waals surface area contributed by atoms with Gasteiger partial charge < -0.3 is 4.74 Å². The second-order valence-electron chi connectivity index (χ2n) is 8.55. The van der Waals surface area contributed by atoms with Gasteiger partial charge in [-0.05, 0) is 49.0 Å². The van der Waals surface area contributed by atoms with Gasteiger partial charge in [-0.25, -0.2) is 0 Å². The molecule has 0 radical (unpaired) electrons. The van der Waals surface area contributed by atoms with E-state index in [1.54, 1.807) is 0 Å². The summed E-state index contributed by atoms with van der Waals surface area (Å²) >= 11 is 0. The van der Waals surface area contributed by atoms with E-state index in [-0.39, 0.29) is 23.2 Å². The van der Waals surface area contributed by atoms with Crippen molar-refractivity contribution in [2.45, 2.75) is 58.2 Å². The number of ether oxygens (including phenoxy) is 1. The van der Waals surface area contributed by atoms with Crippen LogP contribution in [0.25, 0.3) is 0 Å². The van der Waals surface area contributed by atoms with E-state index in [0.29, 0.717) is 18.4 Å². The Morgan fingerprint density at radius 1 is 1.36 bits per heavy atom. The van der Waals surface area contributed by atoms with Crippen LogP contribution in [0.1, 0.15) is 46.5 Å². The Morgan fingerprint density at radius 3 is 2.91 bits per heavy atom. The minimum absolute atomic E-state index is 0.101. The van der Waals surface area contributed by atoms with Crippen LogP contribution in [-0.2, 0) is 9.53 Å². The Kier molecular flexibility index (Phi) is 3.18. The maximum Gasteiger partial charge on any atom is 0.202 e. The largest absolute Gasteiger partial charge is 0.351 e. The summed E-state index contributed by atoms with van der Waals surface area (Å²) in [7, 11) is 0. The monoisotopic (exact) mass is 301 g/mol. The van der Waals surface area contributed by atoms with Gasteiger partial charge in [0, 0.05) is 12.0 Å². The second kappa shape index (κ2) is 4.78. The molecule has 120 valence electrons. The molecule has 1 spiro atoms. The van der Waals surface area contributed by atoms with E-state index in [9.17, 15) is 4.79 Å². The number of ketones is 1. The third-order valence-electron chi connectivity index (χ3n) is 6.22. The minimum atomic E-state index is -0.771. The molecule has 1 saturated heterocycles. The Bertz CT molecular complexity index is 556. The molecule has 0 bridgehead atoms. The van der Waals surface area contributed by atoms with Gasteiger partial charge in [-0.15, -0.1) is 0 Å². The molecular weight excluding hydrogens is 274 g/mol. The van der Waals surface area contributed by atoms with Crippen LogP contribution in [0.4, 0.5) is 0 Å². The van der Waals surface area contributed by atoms with Crippen LogP contribution < -0.4 is 5.32 Å². The number of carbonyl (C=O) groups excluding carboxylic acids is 1. The van der Waals surface area contributed by atoms with Gasteiger partial charge in [0.15, 0.2) is 5.72 Å². The van der Waals surface area contributed by atoms with Crippen molar-refractivity contribution in [3.8, 4) is 0 Å². The van der Waals surface area contributed by atoms with Crippen molar-refractivity contribution >= 4 is 5.78 Å². The van der Waals surface area contributed by atoms with E-state index in [4.69, 9.17) is 4.74 Å². The number of allylic oxidation sites excluding steroid dienone is 3.